The first-order valence-electron chi connectivity index (χ1n) is 9.24. The zero-order valence-electron chi connectivity index (χ0n) is 16.1. The molecule has 4 rings (SSSR count). The van der Waals surface area contributed by atoms with Gasteiger partial charge in [-0.2, -0.15) is 0 Å². The minimum absolute atomic E-state index is 0.159. The number of carboxylic acids is 1. The zero-order valence-corrected chi connectivity index (χ0v) is 17.0. The number of benzene rings is 3. The van der Waals surface area contributed by atoms with Crippen molar-refractivity contribution in [3.8, 4) is 5.69 Å². The van der Waals surface area contributed by atoms with Crippen LogP contribution in [-0.4, -0.2) is 26.9 Å². The summed E-state index contributed by atoms with van der Waals surface area (Å²) in [6.45, 7) is 0. The van der Waals surface area contributed by atoms with Crippen LogP contribution in [0.1, 0.15) is 21.7 Å². The zero-order chi connectivity index (χ0) is 21.1. The molecular formula is C24H18N2O3S. The second-order valence-electron chi connectivity index (χ2n) is 6.59. The minimum atomic E-state index is -1.01. The lowest BCUT2D eigenvalue weighted by molar-refractivity contribution is 0.0697. The van der Waals surface area contributed by atoms with Gasteiger partial charge in [-0.15, -0.1) is 11.8 Å². The van der Waals surface area contributed by atoms with E-state index < -0.39 is 5.97 Å². The fourth-order valence-electron chi connectivity index (χ4n) is 3.15. The Labute approximate surface area is 177 Å². The van der Waals surface area contributed by atoms with Crippen molar-refractivity contribution in [1.29, 1.82) is 0 Å². The first-order valence-corrected chi connectivity index (χ1v) is 10.5. The maximum Gasteiger partial charge on any atom is 0.335 e. The summed E-state index contributed by atoms with van der Waals surface area (Å²) in [5.74, 6) is -0.546. The molecule has 30 heavy (non-hydrogen) atoms. The number of carboxylic acid groups (broad SMARTS) is 1. The molecule has 1 heterocycles. The molecule has 0 unspecified atom stereocenters. The Kier molecular flexibility index (Phi) is 5.50. The second-order valence-corrected chi connectivity index (χ2v) is 7.47. The van der Waals surface area contributed by atoms with E-state index in [1.54, 1.807) is 48.2 Å². The van der Waals surface area contributed by atoms with Gasteiger partial charge in [0.15, 0.2) is 0 Å². The van der Waals surface area contributed by atoms with Crippen LogP contribution in [-0.2, 0) is 0 Å². The molecule has 0 spiro atoms. The molecule has 1 aromatic heterocycles. The Morgan fingerprint density at radius 2 is 1.67 bits per heavy atom. The molecule has 0 radical (unpaired) electrons. The maximum absolute atomic E-state index is 13.2. The third-order valence-electron chi connectivity index (χ3n) is 4.71. The van der Waals surface area contributed by atoms with Crippen LogP contribution in [0.15, 0.2) is 82.5 Å². The molecule has 0 bridgehead atoms. The predicted octanol–water partition coefficient (Wildman–Crippen LogP) is 4.98. The van der Waals surface area contributed by atoms with E-state index in [4.69, 9.17) is 5.11 Å². The Balaban J connectivity index is 1.86. The molecular weight excluding hydrogens is 396 g/mol. The SMILES string of the molecule is CSc1ccc(/C=C/c2nc3ccccc3c(=O)n2-c2ccc(C(=O)O)cc2)cc1. The van der Waals surface area contributed by atoms with E-state index in [2.05, 4.69) is 4.98 Å². The van der Waals surface area contributed by atoms with Crippen LogP contribution >= 0.6 is 11.8 Å². The van der Waals surface area contributed by atoms with Crippen molar-refractivity contribution in [2.75, 3.05) is 6.26 Å². The van der Waals surface area contributed by atoms with Crippen molar-refractivity contribution in [2.45, 2.75) is 4.90 Å². The first-order chi connectivity index (χ1) is 14.6. The molecule has 4 aromatic rings. The van der Waals surface area contributed by atoms with Crippen molar-refractivity contribution in [1.82, 2.24) is 9.55 Å². The average molecular weight is 414 g/mol. The van der Waals surface area contributed by atoms with Gasteiger partial charge in [-0.3, -0.25) is 9.36 Å². The fraction of sp³-hybridized carbons (Fsp3) is 0.0417. The standard InChI is InChI=1S/C24H18N2O3S/c1-30-19-13-6-16(7-14-19)8-15-22-25-21-5-3-2-4-20(21)23(27)26(22)18-11-9-17(10-12-18)24(28)29/h2-15H,1H3,(H,28,29)/b15-8+. The number of nitrogens with zero attached hydrogens (tertiary/aromatic N) is 2. The maximum atomic E-state index is 13.2. The quantitative estimate of drug-likeness (QED) is 0.467. The molecule has 0 aliphatic rings. The third-order valence-corrected chi connectivity index (χ3v) is 5.46. The van der Waals surface area contributed by atoms with Crippen molar-refractivity contribution < 1.29 is 9.90 Å². The predicted molar refractivity (Wildman–Crippen MR) is 121 cm³/mol. The van der Waals surface area contributed by atoms with Gasteiger partial charge in [0, 0.05) is 4.90 Å². The van der Waals surface area contributed by atoms with Crippen LogP contribution in [0, 0.1) is 0 Å². The Hall–Kier alpha value is -3.64. The van der Waals surface area contributed by atoms with Gasteiger partial charge in [0.2, 0.25) is 0 Å². The molecule has 0 saturated heterocycles. The summed E-state index contributed by atoms with van der Waals surface area (Å²) in [6.07, 6.45) is 5.73. The minimum Gasteiger partial charge on any atom is -0.478 e. The van der Waals surface area contributed by atoms with E-state index in [1.165, 1.54) is 21.6 Å². The van der Waals surface area contributed by atoms with E-state index in [1.807, 2.05) is 42.7 Å². The molecule has 1 N–H and O–H groups in total. The summed E-state index contributed by atoms with van der Waals surface area (Å²) >= 11 is 1.67. The number of hydrogen-bond donors (Lipinski definition) is 1. The number of carbonyl (C=O) groups is 1. The molecule has 0 atom stereocenters. The smallest absolute Gasteiger partial charge is 0.335 e. The number of thioether (sulfide) groups is 1. The van der Waals surface area contributed by atoms with Crippen LogP contribution < -0.4 is 5.56 Å². The van der Waals surface area contributed by atoms with E-state index >= 15 is 0 Å². The highest BCUT2D eigenvalue weighted by Gasteiger charge is 2.12. The van der Waals surface area contributed by atoms with Gasteiger partial charge in [0.25, 0.3) is 5.56 Å². The molecule has 0 aliphatic heterocycles. The Bertz CT molecular complexity index is 1310. The average Bonchev–Trinajstić information content (AvgIpc) is 2.78. The van der Waals surface area contributed by atoms with E-state index in [9.17, 15) is 9.59 Å². The Morgan fingerprint density at radius 3 is 2.33 bits per heavy atom. The number of fused-ring (bicyclic) bond motifs is 1. The highest BCUT2D eigenvalue weighted by atomic mass is 32.2. The van der Waals surface area contributed by atoms with Crippen LogP contribution in [0.3, 0.4) is 0 Å². The number of aromatic carboxylic acids is 1. The van der Waals surface area contributed by atoms with Crippen molar-refractivity contribution in [2.24, 2.45) is 0 Å². The monoisotopic (exact) mass is 414 g/mol. The van der Waals surface area contributed by atoms with Crippen molar-refractivity contribution in [3.05, 3.63) is 100 Å². The lowest BCUT2D eigenvalue weighted by Crippen LogP contribution is -2.22. The molecule has 6 heteroatoms. The summed E-state index contributed by atoms with van der Waals surface area (Å²) in [5, 5.41) is 9.65. The summed E-state index contributed by atoms with van der Waals surface area (Å²) in [5.41, 5.74) is 2.11. The van der Waals surface area contributed by atoms with Crippen LogP contribution in [0.5, 0.6) is 0 Å². The molecule has 5 nitrogen and oxygen atoms in total. The third kappa shape index (κ3) is 3.90. The van der Waals surface area contributed by atoms with Gasteiger partial charge in [-0.05, 0) is 66.4 Å². The molecule has 0 saturated carbocycles. The highest BCUT2D eigenvalue weighted by Crippen LogP contribution is 2.18. The summed E-state index contributed by atoms with van der Waals surface area (Å²) in [7, 11) is 0. The normalized spacial score (nSPS) is 11.2. The van der Waals surface area contributed by atoms with E-state index in [0.717, 1.165) is 5.56 Å². The van der Waals surface area contributed by atoms with Gasteiger partial charge in [0.1, 0.15) is 5.82 Å². The number of para-hydroxylation sites is 1. The van der Waals surface area contributed by atoms with E-state index in [0.29, 0.717) is 22.4 Å². The molecule has 0 amide bonds. The van der Waals surface area contributed by atoms with Crippen LogP contribution in [0.2, 0.25) is 0 Å². The number of hydrogen-bond acceptors (Lipinski definition) is 4. The number of rotatable bonds is 5. The van der Waals surface area contributed by atoms with Gasteiger partial charge in [-0.1, -0.05) is 30.3 Å². The van der Waals surface area contributed by atoms with Crippen molar-refractivity contribution in [3.63, 3.8) is 0 Å². The second kappa shape index (κ2) is 8.39. The molecule has 0 fully saturated rings. The highest BCUT2D eigenvalue weighted by molar-refractivity contribution is 7.98. The number of aromatic nitrogens is 2. The molecule has 148 valence electrons. The first kappa shape index (κ1) is 19.7. The lowest BCUT2D eigenvalue weighted by Gasteiger charge is -2.11. The fourth-order valence-corrected chi connectivity index (χ4v) is 3.56. The summed E-state index contributed by atoms with van der Waals surface area (Å²) < 4.78 is 1.50. The Morgan fingerprint density at radius 1 is 0.967 bits per heavy atom. The molecule has 3 aromatic carbocycles. The van der Waals surface area contributed by atoms with E-state index in [-0.39, 0.29) is 11.1 Å². The topological polar surface area (TPSA) is 72.2 Å². The van der Waals surface area contributed by atoms with Gasteiger partial charge >= 0.3 is 5.97 Å². The van der Waals surface area contributed by atoms with Gasteiger partial charge in [0.05, 0.1) is 22.2 Å². The summed E-state index contributed by atoms with van der Waals surface area (Å²) in [6, 6.07) is 21.5. The van der Waals surface area contributed by atoms with Gasteiger partial charge < -0.3 is 5.11 Å². The summed E-state index contributed by atoms with van der Waals surface area (Å²) in [4.78, 5) is 30.2. The molecule has 0 aliphatic carbocycles. The van der Waals surface area contributed by atoms with Crippen molar-refractivity contribution >= 4 is 40.8 Å². The van der Waals surface area contributed by atoms with Crippen LogP contribution in [0.25, 0.3) is 28.7 Å². The van der Waals surface area contributed by atoms with Gasteiger partial charge in [-0.25, -0.2) is 9.78 Å². The van der Waals surface area contributed by atoms with Crippen LogP contribution in [0.4, 0.5) is 0 Å². The lowest BCUT2D eigenvalue weighted by atomic mass is 10.1. The largest absolute Gasteiger partial charge is 0.478 e.